The van der Waals surface area contributed by atoms with Gasteiger partial charge in [0.15, 0.2) is 0 Å². The number of hydrogen-bond donors (Lipinski definition) is 2. The van der Waals surface area contributed by atoms with E-state index in [4.69, 9.17) is 9.47 Å². The molecule has 0 amide bonds. The number of nitrogens with zero attached hydrogens (tertiary/aromatic N) is 2. The van der Waals surface area contributed by atoms with E-state index in [1.54, 1.807) is 11.1 Å². The molecule has 10 nitrogen and oxygen atoms in total. The Kier molecular flexibility index (Phi) is 18.9. The predicted molar refractivity (Wildman–Crippen MR) is 362 cm³/mol. The van der Waals surface area contributed by atoms with Crippen molar-refractivity contribution in [3.05, 3.63) is 56.2 Å². The van der Waals surface area contributed by atoms with Gasteiger partial charge in [0.2, 0.25) is 5.82 Å². The molecule has 0 aliphatic heterocycles. The molecule has 10 aliphatic rings. The van der Waals surface area contributed by atoms with Gasteiger partial charge in [-0.25, -0.2) is 4.79 Å². The Morgan fingerprint density at radius 1 is 0.484 bits per heavy atom. The van der Waals surface area contributed by atoms with Crippen LogP contribution >= 0.6 is 0 Å². The van der Waals surface area contributed by atoms with Crippen LogP contribution in [0.5, 0.6) is 0 Å². The summed E-state index contributed by atoms with van der Waals surface area (Å²) >= 11 is 0. The van der Waals surface area contributed by atoms with Gasteiger partial charge >= 0.3 is 17.6 Å². The van der Waals surface area contributed by atoms with Gasteiger partial charge in [0.25, 0.3) is 5.56 Å². The lowest BCUT2D eigenvalue weighted by Crippen LogP contribution is -2.65. The zero-order valence-corrected chi connectivity index (χ0v) is 59.9. The Labute approximate surface area is 549 Å². The molecule has 8 fully saturated rings. The van der Waals surface area contributed by atoms with Crippen LogP contribution in [0.2, 0.25) is 0 Å². The first-order chi connectivity index (χ1) is 42.6. The van der Waals surface area contributed by atoms with Crippen LogP contribution in [0.1, 0.15) is 302 Å². The fourth-order valence-corrected chi connectivity index (χ4v) is 25.0. The van der Waals surface area contributed by atoms with Crippen LogP contribution < -0.4 is 11.2 Å². The molecule has 0 aromatic carbocycles. The molecule has 10 aliphatic carbocycles. The predicted octanol–water partition coefficient (Wildman–Crippen LogP) is 18.2. The van der Waals surface area contributed by atoms with Crippen LogP contribution in [0.15, 0.2) is 39.1 Å². The normalized spacial score (nSPS) is 41.4. The summed E-state index contributed by atoms with van der Waals surface area (Å²) in [6.07, 6.45) is 36.8. The van der Waals surface area contributed by atoms with Gasteiger partial charge < -0.3 is 19.7 Å². The maximum atomic E-state index is 15.1. The van der Waals surface area contributed by atoms with Crippen molar-refractivity contribution in [3.8, 4) is 0 Å². The third-order valence-electron chi connectivity index (χ3n) is 31.3. The molecule has 1 heterocycles. The highest BCUT2D eigenvalue weighted by molar-refractivity contribution is 5.79. The molecule has 8 saturated carbocycles. The number of carbonyl (C=O) groups is 2. The number of rotatable bonds is 20. The van der Waals surface area contributed by atoms with Gasteiger partial charge in [0.05, 0.1) is 42.4 Å². The molecule has 91 heavy (non-hydrogen) atoms. The molecule has 1 aromatic heterocycles. The number of aromatic nitrogens is 2. The molecular formula is C80H127FN2O8. The molecule has 1 aromatic rings. The van der Waals surface area contributed by atoms with Crippen LogP contribution in [0.4, 0.5) is 4.39 Å². The lowest BCUT2D eigenvalue weighted by Gasteiger charge is -2.71. The lowest BCUT2D eigenvalue weighted by molar-refractivity contribution is -0.206. The summed E-state index contributed by atoms with van der Waals surface area (Å²) in [6.45, 7) is 35.8. The average molecular weight is 1260 g/mol. The second kappa shape index (κ2) is 24.8. The molecule has 11 rings (SSSR count). The molecular weight excluding hydrogens is 1140 g/mol. The highest BCUT2D eigenvalue weighted by atomic mass is 19.1. The van der Waals surface area contributed by atoms with E-state index in [1.165, 1.54) is 17.4 Å². The SMILES string of the molecule is CC1(C)CC[C@]2(C(=O)OCCCCCCCCn3cc(F)c(=O)n(CCCCCCCCOC(=O)[C@]45CCC(C)(C)C[C@H]4C4=CC[C@@H]6[C@@]7(C)CC[C@H](O)C(C)(C)[C@@H]7CC[C@@]6(C)[C@]4(C)CC5)c3=O)CC[C@]3(C)C(=CC[C@@H]4[C@@]5(C)CC[C@H](O)C(C)(C)[C@@H]5CC[C@]43C)[C@@H]2C1. The van der Waals surface area contributed by atoms with Crippen molar-refractivity contribution in [2.75, 3.05) is 13.2 Å². The van der Waals surface area contributed by atoms with Crippen molar-refractivity contribution in [1.29, 1.82) is 0 Å². The first-order valence-corrected chi connectivity index (χ1v) is 37.8. The van der Waals surface area contributed by atoms with E-state index in [2.05, 4.69) is 109 Å². The topological polar surface area (TPSA) is 137 Å². The van der Waals surface area contributed by atoms with E-state index in [1.807, 2.05) is 0 Å². The Hall–Kier alpha value is -3.05. The Morgan fingerprint density at radius 2 is 0.868 bits per heavy atom. The fraction of sp³-hybridized carbons (Fsp3) is 0.875. The van der Waals surface area contributed by atoms with E-state index < -0.39 is 27.9 Å². The molecule has 0 radical (unpaired) electrons. The van der Waals surface area contributed by atoms with Crippen molar-refractivity contribution in [2.45, 2.75) is 328 Å². The van der Waals surface area contributed by atoms with Crippen LogP contribution in [-0.2, 0) is 32.2 Å². The van der Waals surface area contributed by atoms with Gasteiger partial charge in [0, 0.05) is 13.1 Å². The number of aliphatic hydroxyl groups is 2. The Morgan fingerprint density at radius 3 is 1.30 bits per heavy atom. The quantitative estimate of drug-likeness (QED) is 0.0748. The highest BCUT2D eigenvalue weighted by Crippen LogP contribution is 2.78. The third-order valence-corrected chi connectivity index (χ3v) is 31.3. The molecule has 0 spiro atoms. The van der Waals surface area contributed by atoms with Crippen LogP contribution in [0.3, 0.4) is 0 Å². The number of unbranched alkanes of at least 4 members (excludes halogenated alkanes) is 10. The van der Waals surface area contributed by atoms with Crippen molar-refractivity contribution in [3.63, 3.8) is 0 Å². The minimum absolute atomic E-state index is 0.0203. The van der Waals surface area contributed by atoms with Crippen LogP contribution in [0.25, 0.3) is 0 Å². The summed E-state index contributed by atoms with van der Waals surface area (Å²) < 4.78 is 30.2. The summed E-state index contributed by atoms with van der Waals surface area (Å²) in [6, 6.07) is 0. The van der Waals surface area contributed by atoms with Crippen molar-refractivity contribution < 1.29 is 33.7 Å². The number of ether oxygens (including phenoxy) is 2. The van der Waals surface area contributed by atoms with E-state index in [0.717, 1.165) is 191 Å². The summed E-state index contributed by atoms with van der Waals surface area (Å²) in [5, 5.41) is 22.4. The number of hydrogen-bond acceptors (Lipinski definition) is 8. The molecule has 0 bridgehead atoms. The van der Waals surface area contributed by atoms with Gasteiger partial charge in [-0.15, -0.1) is 0 Å². The van der Waals surface area contributed by atoms with Gasteiger partial charge in [-0.2, -0.15) is 4.39 Å². The minimum Gasteiger partial charge on any atom is -0.465 e. The number of aryl methyl sites for hydroxylation is 1. The molecule has 512 valence electrons. The number of carbonyl (C=O) groups excluding carboxylic acids is 2. The van der Waals surface area contributed by atoms with Crippen molar-refractivity contribution in [2.24, 2.45) is 100 Å². The van der Waals surface area contributed by atoms with Crippen LogP contribution in [0, 0.1) is 106 Å². The first-order valence-electron chi connectivity index (χ1n) is 37.8. The second-order valence-electron chi connectivity index (χ2n) is 37.4. The highest BCUT2D eigenvalue weighted by Gasteiger charge is 2.72. The fourth-order valence-electron chi connectivity index (χ4n) is 25.0. The zero-order chi connectivity index (χ0) is 65.8. The monoisotopic (exact) mass is 1260 g/mol. The van der Waals surface area contributed by atoms with E-state index >= 15 is 4.39 Å². The van der Waals surface area contributed by atoms with Gasteiger partial charge in [-0.05, 0) is 244 Å². The van der Waals surface area contributed by atoms with E-state index in [9.17, 15) is 29.4 Å². The Balaban J connectivity index is 0.595. The number of esters is 2. The van der Waals surface area contributed by atoms with Gasteiger partial charge in [-0.3, -0.25) is 23.5 Å². The number of allylic oxidation sites excluding steroid dienone is 4. The smallest absolute Gasteiger partial charge is 0.331 e. The largest absolute Gasteiger partial charge is 0.465 e. The summed E-state index contributed by atoms with van der Waals surface area (Å²) in [7, 11) is 0. The zero-order valence-electron chi connectivity index (χ0n) is 59.9. The third kappa shape index (κ3) is 11.4. The maximum Gasteiger partial charge on any atom is 0.331 e. The molecule has 11 heteroatoms. The molecule has 2 N–H and O–H groups in total. The van der Waals surface area contributed by atoms with E-state index in [-0.39, 0.29) is 96.7 Å². The molecule has 0 saturated heterocycles. The van der Waals surface area contributed by atoms with Gasteiger partial charge in [0.1, 0.15) is 0 Å². The maximum absolute atomic E-state index is 15.1. The number of aliphatic hydroxyl groups excluding tert-OH is 2. The summed E-state index contributed by atoms with van der Waals surface area (Å²) in [4.78, 5) is 55.7. The lowest BCUT2D eigenvalue weighted by atomic mass is 9.33. The van der Waals surface area contributed by atoms with Crippen molar-refractivity contribution in [1.82, 2.24) is 9.13 Å². The molecule has 16 atom stereocenters. The Bertz CT molecular complexity index is 3060. The summed E-state index contributed by atoms with van der Waals surface area (Å²) in [5.74, 6) is 1.71. The first kappa shape index (κ1) is 69.3. The van der Waals surface area contributed by atoms with Crippen molar-refractivity contribution >= 4 is 11.9 Å². The second-order valence-corrected chi connectivity index (χ2v) is 37.4. The van der Waals surface area contributed by atoms with Gasteiger partial charge in [-0.1, -0.05) is 172 Å². The van der Waals surface area contributed by atoms with Crippen LogP contribution in [-0.4, -0.2) is 56.7 Å². The standard InChI is InChI=1S/C80H127FN2O8/c1-69(2)39-43-79(45-41-75(11)54(56(79)51-69)27-29-61-73(9)35-33-63(84)71(5,6)59(73)31-37-77(61,75)13)66(87)90-49-25-21-17-15-19-23-47-82-53-58(81)65(86)83(68(82)89)48-24-20-16-18-22-26-50-91-67(88)80-44-40-70(3,4)52-57(80)55-28-30-62-74(10)36-34-64(85)72(7,8)60(74)32-38-78(62,14)76(55,12)42-46-80/h27-28,53,56-57,59-64,84-85H,15-26,29-52H2,1-14H3/t56-,57-,59-,60-,61+,62+,63-,64-,73-,74-,75+,76+,77+,78+,79-,80-/m0/s1. The average Bonchev–Trinajstić information content (AvgIpc) is 0.684. The van der Waals surface area contributed by atoms with E-state index in [0.29, 0.717) is 56.3 Å². The number of fused-ring (bicyclic) bond motifs is 14. The number of halogens is 1. The summed E-state index contributed by atoms with van der Waals surface area (Å²) in [5.41, 5.74) is 1.80. The molecule has 0 unspecified atom stereocenters. The minimum atomic E-state index is -0.889.